The van der Waals surface area contributed by atoms with Crippen LogP contribution in [-0.2, 0) is 9.59 Å². The van der Waals surface area contributed by atoms with E-state index in [-0.39, 0.29) is 17.7 Å². The number of piperidine rings is 1. The summed E-state index contributed by atoms with van der Waals surface area (Å²) in [5, 5.41) is 8.91. The second-order valence-electron chi connectivity index (χ2n) is 8.21. The predicted molar refractivity (Wildman–Crippen MR) is 116 cm³/mol. The topological polar surface area (TPSA) is 69.6 Å². The average molecular weight is 408 g/mol. The molecule has 158 valence electrons. The highest BCUT2D eigenvalue weighted by Crippen LogP contribution is 2.26. The van der Waals surface area contributed by atoms with Crippen LogP contribution in [-0.4, -0.2) is 71.1 Å². The normalized spacial score (nSPS) is 19.7. The number of nitrogens with zero attached hydrogens (tertiary/aromatic N) is 5. The number of carbonyl (C=O) groups excluding carboxylic acids is 2. The molecule has 7 heteroatoms. The van der Waals surface area contributed by atoms with Gasteiger partial charge in [0.05, 0.1) is 11.6 Å². The maximum atomic E-state index is 13.0. The quantitative estimate of drug-likeness (QED) is 0.781. The van der Waals surface area contributed by atoms with Crippen molar-refractivity contribution in [2.45, 2.75) is 26.7 Å². The van der Waals surface area contributed by atoms with Crippen molar-refractivity contribution in [2.75, 3.05) is 44.2 Å². The summed E-state index contributed by atoms with van der Waals surface area (Å²) >= 11 is 0. The zero-order chi connectivity index (χ0) is 21.1. The third kappa shape index (κ3) is 4.30. The number of aryl methyl sites for hydroxylation is 1. The van der Waals surface area contributed by atoms with Gasteiger partial charge in [-0.1, -0.05) is 24.3 Å². The van der Waals surface area contributed by atoms with Gasteiger partial charge >= 0.3 is 0 Å². The van der Waals surface area contributed by atoms with Gasteiger partial charge in [0.1, 0.15) is 0 Å². The summed E-state index contributed by atoms with van der Waals surface area (Å²) < 4.78 is 0. The van der Waals surface area contributed by atoms with Crippen LogP contribution in [0.2, 0.25) is 0 Å². The second kappa shape index (κ2) is 8.81. The molecule has 0 aliphatic carbocycles. The molecule has 0 bridgehead atoms. The number of hydrogen-bond donors (Lipinski definition) is 0. The first-order chi connectivity index (χ1) is 14.5. The number of benzene rings is 1. The van der Waals surface area contributed by atoms with Crippen LogP contribution in [0.1, 0.15) is 25.3 Å². The lowest BCUT2D eigenvalue weighted by Gasteiger charge is -2.39. The first-order valence-electron chi connectivity index (χ1n) is 10.7. The van der Waals surface area contributed by atoms with Gasteiger partial charge in [0.15, 0.2) is 5.82 Å². The van der Waals surface area contributed by atoms with Gasteiger partial charge in [-0.3, -0.25) is 9.59 Å². The molecule has 2 aliphatic rings. The van der Waals surface area contributed by atoms with E-state index in [4.69, 9.17) is 0 Å². The van der Waals surface area contributed by atoms with Crippen molar-refractivity contribution >= 4 is 17.6 Å². The van der Waals surface area contributed by atoms with Crippen molar-refractivity contribution in [3.05, 3.63) is 42.0 Å². The van der Waals surface area contributed by atoms with Crippen LogP contribution in [0.25, 0.3) is 11.3 Å². The second-order valence-corrected chi connectivity index (χ2v) is 8.21. The molecule has 2 aliphatic heterocycles. The van der Waals surface area contributed by atoms with Crippen LogP contribution in [0, 0.1) is 12.8 Å². The minimum atomic E-state index is -0.0273. The highest BCUT2D eigenvalue weighted by Gasteiger charge is 2.32. The monoisotopic (exact) mass is 407 g/mol. The highest BCUT2D eigenvalue weighted by atomic mass is 16.2. The number of hydrogen-bond acceptors (Lipinski definition) is 5. The smallest absolute Gasteiger partial charge is 0.227 e. The summed E-state index contributed by atoms with van der Waals surface area (Å²) in [6.45, 7) is 7.72. The molecule has 2 fully saturated rings. The third-order valence-electron chi connectivity index (χ3n) is 6.20. The van der Waals surface area contributed by atoms with E-state index in [1.807, 2.05) is 34.1 Å². The van der Waals surface area contributed by atoms with Crippen molar-refractivity contribution in [2.24, 2.45) is 5.92 Å². The fraction of sp³-hybridized carbons (Fsp3) is 0.478. The molecule has 1 unspecified atom stereocenters. The molecule has 2 saturated heterocycles. The minimum Gasteiger partial charge on any atom is -0.354 e. The Kier molecular flexibility index (Phi) is 5.97. The molecule has 0 spiro atoms. The minimum absolute atomic E-state index is 0.0273. The fourth-order valence-electron chi connectivity index (χ4n) is 4.38. The van der Waals surface area contributed by atoms with Crippen LogP contribution in [0.15, 0.2) is 36.4 Å². The SMILES string of the molecule is CC(=O)N1CCN(C(=O)C2CCCN(c3ccc(-c4ccccc4C)nn3)C2)CC1. The van der Waals surface area contributed by atoms with Crippen LogP contribution < -0.4 is 4.90 Å². The Balaban J connectivity index is 1.40. The third-order valence-corrected chi connectivity index (χ3v) is 6.20. The van der Waals surface area contributed by atoms with Crippen LogP contribution in [0.3, 0.4) is 0 Å². The molecule has 4 rings (SSSR count). The van der Waals surface area contributed by atoms with Crippen LogP contribution in [0.4, 0.5) is 5.82 Å². The zero-order valence-corrected chi connectivity index (χ0v) is 17.8. The molecule has 2 amide bonds. The lowest BCUT2D eigenvalue weighted by Crippen LogP contribution is -2.53. The Morgan fingerprint density at radius 2 is 1.67 bits per heavy atom. The number of aromatic nitrogens is 2. The molecule has 1 atom stereocenters. The van der Waals surface area contributed by atoms with E-state index in [1.54, 1.807) is 6.92 Å². The molecule has 0 radical (unpaired) electrons. The summed E-state index contributed by atoms with van der Waals surface area (Å²) in [5.41, 5.74) is 3.13. The molecule has 0 N–H and O–H groups in total. The van der Waals surface area contributed by atoms with Gasteiger partial charge in [-0.25, -0.2) is 0 Å². The van der Waals surface area contributed by atoms with Crippen molar-refractivity contribution in [1.29, 1.82) is 0 Å². The first kappa shape index (κ1) is 20.3. The maximum absolute atomic E-state index is 13.0. The van der Waals surface area contributed by atoms with Gasteiger partial charge in [0, 0.05) is 51.8 Å². The highest BCUT2D eigenvalue weighted by molar-refractivity contribution is 5.80. The summed E-state index contributed by atoms with van der Waals surface area (Å²) in [5.74, 6) is 1.08. The summed E-state index contributed by atoms with van der Waals surface area (Å²) in [6, 6.07) is 12.2. The van der Waals surface area contributed by atoms with Crippen molar-refractivity contribution in [1.82, 2.24) is 20.0 Å². The summed E-state index contributed by atoms with van der Waals surface area (Å²) in [6.07, 6.45) is 1.86. The van der Waals surface area contributed by atoms with Gasteiger partial charge < -0.3 is 14.7 Å². The van der Waals surface area contributed by atoms with Gasteiger partial charge in [-0.15, -0.1) is 10.2 Å². The molecule has 3 heterocycles. The number of anilines is 1. The van der Waals surface area contributed by atoms with Crippen molar-refractivity contribution < 1.29 is 9.59 Å². The van der Waals surface area contributed by atoms with E-state index in [2.05, 4.69) is 34.2 Å². The van der Waals surface area contributed by atoms with E-state index >= 15 is 0 Å². The van der Waals surface area contributed by atoms with Crippen LogP contribution in [0.5, 0.6) is 0 Å². The molecular weight excluding hydrogens is 378 g/mol. The molecule has 1 aromatic carbocycles. The molecule has 7 nitrogen and oxygen atoms in total. The van der Waals surface area contributed by atoms with E-state index in [9.17, 15) is 9.59 Å². The first-order valence-corrected chi connectivity index (χ1v) is 10.7. The van der Waals surface area contributed by atoms with E-state index < -0.39 is 0 Å². The summed E-state index contributed by atoms with van der Waals surface area (Å²) in [7, 11) is 0. The fourth-order valence-corrected chi connectivity index (χ4v) is 4.38. The Hall–Kier alpha value is -2.96. The average Bonchev–Trinajstić information content (AvgIpc) is 2.79. The lowest BCUT2D eigenvalue weighted by molar-refractivity contribution is -0.141. The van der Waals surface area contributed by atoms with Gasteiger partial charge in [0.2, 0.25) is 11.8 Å². The molecule has 0 saturated carbocycles. The van der Waals surface area contributed by atoms with Crippen molar-refractivity contribution in [3.63, 3.8) is 0 Å². The molecule has 2 aromatic rings. The van der Waals surface area contributed by atoms with Gasteiger partial charge in [-0.05, 0) is 37.5 Å². The maximum Gasteiger partial charge on any atom is 0.227 e. The van der Waals surface area contributed by atoms with E-state index in [0.29, 0.717) is 32.7 Å². The zero-order valence-electron chi connectivity index (χ0n) is 17.8. The number of carbonyl (C=O) groups is 2. The van der Waals surface area contributed by atoms with E-state index in [1.165, 1.54) is 5.56 Å². The summed E-state index contributed by atoms with van der Waals surface area (Å²) in [4.78, 5) is 30.5. The van der Waals surface area contributed by atoms with Gasteiger partial charge in [0.25, 0.3) is 0 Å². The Labute approximate surface area is 177 Å². The Morgan fingerprint density at radius 3 is 2.33 bits per heavy atom. The van der Waals surface area contributed by atoms with E-state index in [0.717, 1.165) is 36.5 Å². The number of piperazine rings is 1. The molecule has 30 heavy (non-hydrogen) atoms. The predicted octanol–water partition coefficient (Wildman–Crippen LogP) is 2.36. The van der Waals surface area contributed by atoms with Crippen molar-refractivity contribution in [3.8, 4) is 11.3 Å². The number of amides is 2. The van der Waals surface area contributed by atoms with Crippen LogP contribution >= 0.6 is 0 Å². The van der Waals surface area contributed by atoms with Gasteiger partial charge in [-0.2, -0.15) is 0 Å². The molecule has 1 aromatic heterocycles. The standard InChI is InChI=1S/C23H29N5O2/c1-17-6-3-4-8-20(17)21-9-10-22(25-24-21)28-11-5-7-19(16-28)23(30)27-14-12-26(13-15-27)18(2)29/h3-4,6,8-10,19H,5,7,11-16H2,1-2H3. The number of rotatable bonds is 3. The largest absolute Gasteiger partial charge is 0.354 e. The molecular formula is C23H29N5O2. The Morgan fingerprint density at radius 1 is 0.933 bits per heavy atom. The Bertz CT molecular complexity index is 906. The lowest BCUT2D eigenvalue weighted by atomic mass is 9.96.